The third kappa shape index (κ3) is 4.46. The average molecular weight is 444 g/mol. The molecule has 0 atom stereocenters. The number of nitrogens with one attached hydrogen (secondary N) is 1. The van der Waals surface area contributed by atoms with Gasteiger partial charge in [-0.3, -0.25) is 4.79 Å². The van der Waals surface area contributed by atoms with E-state index < -0.39 is 0 Å². The first-order valence-corrected chi connectivity index (χ1v) is 9.71. The summed E-state index contributed by atoms with van der Waals surface area (Å²) in [6.07, 6.45) is 1.58. The van der Waals surface area contributed by atoms with Crippen molar-refractivity contribution in [1.82, 2.24) is 4.98 Å². The van der Waals surface area contributed by atoms with E-state index in [-0.39, 0.29) is 5.91 Å². The number of carbonyl (C=O) groups is 1. The van der Waals surface area contributed by atoms with Crippen LogP contribution in [-0.2, 0) is 0 Å². The summed E-state index contributed by atoms with van der Waals surface area (Å²) in [5.41, 5.74) is 3.31. The monoisotopic (exact) mass is 442 g/mol. The van der Waals surface area contributed by atoms with Crippen LogP contribution in [0, 0.1) is 0 Å². The second-order valence-corrected chi connectivity index (χ2v) is 7.48. The van der Waals surface area contributed by atoms with Crippen LogP contribution >= 0.6 is 34.8 Å². The Morgan fingerprint density at radius 3 is 2.34 bits per heavy atom. The molecule has 4 aromatic rings. The molecule has 1 heterocycles. The molecule has 4 nitrogen and oxygen atoms in total. The Morgan fingerprint density at radius 1 is 0.862 bits per heavy atom. The van der Waals surface area contributed by atoms with Crippen molar-refractivity contribution in [3.05, 3.63) is 93.6 Å². The molecule has 0 aliphatic carbocycles. The van der Waals surface area contributed by atoms with Crippen LogP contribution in [0.25, 0.3) is 22.7 Å². The van der Waals surface area contributed by atoms with Crippen molar-refractivity contribution in [1.29, 1.82) is 0 Å². The van der Waals surface area contributed by atoms with Gasteiger partial charge in [-0.1, -0.05) is 46.9 Å². The smallest absolute Gasteiger partial charge is 0.257 e. The van der Waals surface area contributed by atoms with Crippen molar-refractivity contribution in [2.24, 2.45) is 0 Å². The van der Waals surface area contributed by atoms with Crippen LogP contribution in [0.2, 0.25) is 15.1 Å². The van der Waals surface area contributed by atoms with Crippen LogP contribution < -0.4 is 5.32 Å². The van der Waals surface area contributed by atoms with Gasteiger partial charge in [-0.05, 0) is 54.6 Å². The Bertz CT molecular complexity index is 1190. The van der Waals surface area contributed by atoms with Gasteiger partial charge in [-0.2, -0.15) is 0 Å². The number of amides is 1. The third-order valence-electron chi connectivity index (χ3n) is 4.19. The predicted molar refractivity (Wildman–Crippen MR) is 117 cm³/mol. The number of benzene rings is 3. The Labute approximate surface area is 182 Å². The molecule has 0 spiro atoms. The quantitative estimate of drug-likeness (QED) is 0.362. The third-order valence-corrected chi connectivity index (χ3v) is 4.97. The lowest BCUT2D eigenvalue weighted by molar-refractivity contribution is 0.102. The maximum atomic E-state index is 12.4. The van der Waals surface area contributed by atoms with E-state index >= 15 is 0 Å². The molecule has 0 saturated heterocycles. The molecule has 3 aromatic carbocycles. The van der Waals surface area contributed by atoms with Crippen molar-refractivity contribution in [2.45, 2.75) is 0 Å². The first-order chi connectivity index (χ1) is 14.0. The number of hydrogen-bond acceptors (Lipinski definition) is 3. The average Bonchev–Trinajstić information content (AvgIpc) is 3.19. The number of rotatable bonds is 4. The fourth-order valence-corrected chi connectivity index (χ4v) is 3.44. The zero-order valence-electron chi connectivity index (χ0n) is 14.8. The van der Waals surface area contributed by atoms with Gasteiger partial charge < -0.3 is 9.73 Å². The van der Waals surface area contributed by atoms with Crippen molar-refractivity contribution in [3.63, 3.8) is 0 Å². The summed E-state index contributed by atoms with van der Waals surface area (Å²) in [5.74, 6) is 0.150. The van der Waals surface area contributed by atoms with E-state index in [2.05, 4.69) is 10.3 Å². The molecule has 1 N–H and O–H groups in total. The molecule has 0 aliphatic rings. The van der Waals surface area contributed by atoms with Crippen molar-refractivity contribution in [2.75, 3.05) is 5.32 Å². The topological polar surface area (TPSA) is 55.1 Å². The normalized spacial score (nSPS) is 10.7. The molecule has 0 fully saturated rings. The number of carbonyl (C=O) groups excluding carboxylic acids is 1. The minimum absolute atomic E-state index is 0.292. The highest BCUT2D eigenvalue weighted by Gasteiger charge is 2.12. The van der Waals surface area contributed by atoms with Crippen molar-refractivity contribution >= 4 is 46.4 Å². The largest absolute Gasteiger partial charge is 0.444 e. The zero-order valence-corrected chi connectivity index (χ0v) is 17.1. The second kappa shape index (κ2) is 8.29. The molecule has 0 bridgehead atoms. The summed E-state index contributed by atoms with van der Waals surface area (Å²) in [5, 5.41) is 4.20. The first kappa shape index (κ1) is 19.5. The summed E-state index contributed by atoms with van der Waals surface area (Å²) in [6.45, 7) is 0. The van der Waals surface area contributed by atoms with E-state index in [1.165, 1.54) is 6.07 Å². The molecular weight excluding hydrogens is 431 g/mol. The van der Waals surface area contributed by atoms with E-state index in [1.807, 2.05) is 30.3 Å². The SMILES string of the molecule is O=C(Nc1ccc(-c2nc(-c3cccc(Cl)c3)co2)cc1)c1ccc(Cl)cc1Cl. The fourth-order valence-electron chi connectivity index (χ4n) is 2.75. The van der Waals surface area contributed by atoms with Gasteiger partial charge in [-0.25, -0.2) is 4.98 Å². The van der Waals surface area contributed by atoms with Crippen LogP contribution in [0.3, 0.4) is 0 Å². The Balaban J connectivity index is 1.50. The van der Waals surface area contributed by atoms with Gasteiger partial charge in [0, 0.05) is 26.9 Å². The van der Waals surface area contributed by atoms with Crippen LogP contribution in [0.4, 0.5) is 5.69 Å². The van der Waals surface area contributed by atoms with Crippen LogP contribution in [0.15, 0.2) is 77.4 Å². The Morgan fingerprint density at radius 2 is 1.62 bits per heavy atom. The van der Waals surface area contributed by atoms with Gasteiger partial charge in [0.05, 0.1) is 10.6 Å². The molecule has 0 unspecified atom stereocenters. The molecule has 1 aromatic heterocycles. The number of anilines is 1. The van der Waals surface area contributed by atoms with E-state index in [0.29, 0.717) is 37.9 Å². The lowest BCUT2D eigenvalue weighted by Crippen LogP contribution is -2.12. The fraction of sp³-hybridized carbons (Fsp3) is 0. The van der Waals surface area contributed by atoms with Gasteiger partial charge in [0.1, 0.15) is 12.0 Å². The molecular formula is C22H13Cl3N2O2. The molecule has 0 aliphatic heterocycles. The standard InChI is InChI=1S/C22H13Cl3N2O2/c23-15-3-1-2-14(10-15)20-12-29-22(27-20)13-4-7-17(8-5-13)26-21(28)18-9-6-16(24)11-19(18)25/h1-12H,(H,26,28). The number of oxazole rings is 1. The predicted octanol–water partition coefficient (Wildman–Crippen LogP) is 7.22. The van der Waals surface area contributed by atoms with Crippen molar-refractivity contribution in [3.8, 4) is 22.7 Å². The Kier molecular flexibility index (Phi) is 5.58. The molecule has 144 valence electrons. The van der Waals surface area contributed by atoms with Gasteiger partial charge >= 0.3 is 0 Å². The minimum Gasteiger partial charge on any atom is -0.444 e. The number of hydrogen-bond donors (Lipinski definition) is 1. The van der Waals surface area contributed by atoms with E-state index in [0.717, 1.165) is 11.1 Å². The summed E-state index contributed by atoms with van der Waals surface area (Å²) in [4.78, 5) is 16.9. The van der Waals surface area contributed by atoms with E-state index in [9.17, 15) is 4.79 Å². The van der Waals surface area contributed by atoms with Crippen LogP contribution in [0.5, 0.6) is 0 Å². The highest BCUT2D eigenvalue weighted by molar-refractivity contribution is 6.37. The molecule has 0 saturated carbocycles. The second-order valence-electron chi connectivity index (χ2n) is 6.20. The van der Waals surface area contributed by atoms with Gasteiger partial charge in [0.25, 0.3) is 5.91 Å². The molecule has 0 radical (unpaired) electrons. The highest BCUT2D eigenvalue weighted by atomic mass is 35.5. The van der Waals surface area contributed by atoms with Gasteiger partial charge in [0.2, 0.25) is 5.89 Å². The zero-order chi connectivity index (χ0) is 20.4. The highest BCUT2D eigenvalue weighted by Crippen LogP contribution is 2.27. The summed E-state index contributed by atoms with van der Waals surface area (Å²) in [7, 11) is 0. The lowest BCUT2D eigenvalue weighted by atomic mass is 10.1. The Hall–Kier alpha value is -2.79. The van der Waals surface area contributed by atoms with E-state index in [4.69, 9.17) is 39.2 Å². The van der Waals surface area contributed by atoms with Crippen LogP contribution in [0.1, 0.15) is 10.4 Å². The van der Waals surface area contributed by atoms with Gasteiger partial charge in [0.15, 0.2) is 0 Å². The first-order valence-electron chi connectivity index (χ1n) is 8.58. The van der Waals surface area contributed by atoms with Crippen LogP contribution in [-0.4, -0.2) is 10.9 Å². The minimum atomic E-state index is -0.321. The molecule has 7 heteroatoms. The number of halogens is 3. The van der Waals surface area contributed by atoms with Gasteiger partial charge in [-0.15, -0.1) is 0 Å². The van der Waals surface area contributed by atoms with Crippen molar-refractivity contribution < 1.29 is 9.21 Å². The molecule has 4 rings (SSSR count). The summed E-state index contributed by atoms with van der Waals surface area (Å²) < 4.78 is 5.59. The number of nitrogens with zero attached hydrogens (tertiary/aromatic N) is 1. The number of aromatic nitrogens is 1. The maximum Gasteiger partial charge on any atom is 0.257 e. The molecule has 29 heavy (non-hydrogen) atoms. The lowest BCUT2D eigenvalue weighted by Gasteiger charge is -2.07. The maximum absolute atomic E-state index is 12.4. The van der Waals surface area contributed by atoms with E-state index in [1.54, 1.807) is 36.6 Å². The summed E-state index contributed by atoms with van der Waals surface area (Å²) in [6, 6.07) is 19.3. The molecule has 1 amide bonds. The summed E-state index contributed by atoms with van der Waals surface area (Å²) >= 11 is 18.0.